The molecule has 1 heterocycles. The standard InChI is InChI=1S/C9H18O2/c1-7-5-6-8(10-4)9(2,3)11-7/h7-8H,5-6H2,1-4H3. The molecule has 0 N–H and O–H groups in total. The molecule has 0 amide bonds. The van der Waals surface area contributed by atoms with Crippen LogP contribution in [-0.2, 0) is 9.47 Å². The molecule has 1 saturated heterocycles. The Bertz CT molecular complexity index is 132. The molecule has 2 heteroatoms. The fraction of sp³-hybridized carbons (Fsp3) is 1.00. The van der Waals surface area contributed by atoms with Gasteiger partial charge in [-0.2, -0.15) is 0 Å². The Morgan fingerprint density at radius 2 is 2.00 bits per heavy atom. The lowest BCUT2D eigenvalue weighted by Crippen LogP contribution is -2.46. The normalized spacial score (nSPS) is 37.1. The van der Waals surface area contributed by atoms with Gasteiger partial charge in [0.05, 0.1) is 17.8 Å². The Labute approximate surface area is 68.9 Å². The number of ether oxygens (including phenoxy) is 2. The lowest BCUT2D eigenvalue weighted by atomic mass is 9.92. The zero-order valence-corrected chi connectivity index (χ0v) is 7.89. The Hall–Kier alpha value is -0.0800. The minimum Gasteiger partial charge on any atom is -0.378 e. The summed E-state index contributed by atoms with van der Waals surface area (Å²) in [6.45, 7) is 6.31. The highest BCUT2D eigenvalue weighted by molar-refractivity contribution is 4.85. The maximum atomic E-state index is 5.75. The van der Waals surface area contributed by atoms with Crippen LogP contribution in [0.15, 0.2) is 0 Å². The van der Waals surface area contributed by atoms with Gasteiger partial charge in [-0.1, -0.05) is 0 Å². The predicted octanol–water partition coefficient (Wildman–Crippen LogP) is 1.98. The Morgan fingerprint density at radius 3 is 2.45 bits per heavy atom. The van der Waals surface area contributed by atoms with Crippen molar-refractivity contribution in [3.63, 3.8) is 0 Å². The van der Waals surface area contributed by atoms with Crippen LogP contribution >= 0.6 is 0 Å². The van der Waals surface area contributed by atoms with Crippen LogP contribution in [0, 0.1) is 0 Å². The van der Waals surface area contributed by atoms with Crippen LogP contribution in [0.25, 0.3) is 0 Å². The Morgan fingerprint density at radius 1 is 1.36 bits per heavy atom. The monoisotopic (exact) mass is 158 g/mol. The SMILES string of the molecule is COC1CCC(C)OC1(C)C. The van der Waals surface area contributed by atoms with E-state index in [9.17, 15) is 0 Å². The third-order valence-corrected chi connectivity index (χ3v) is 2.40. The van der Waals surface area contributed by atoms with E-state index in [0.717, 1.165) is 12.8 Å². The summed E-state index contributed by atoms with van der Waals surface area (Å²) in [4.78, 5) is 0. The highest BCUT2D eigenvalue weighted by Crippen LogP contribution is 2.29. The first kappa shape index (κ1) is 9.01. The zero-order valence-electron chi connectivity index (χ0n) is 7.89. The molecule has 11 heavy (non-hydrogen) atoms. The molecule has 2 atom stereocenters. The van der Waals surface area contributed by atoms with Gasteiger partial charge in [0.15, 0.2) is 0 Å². The summed E-state index contributed by atoms with van der Waals surface area (Å²) >= 11 is 0. The van der Waals surface area contributed by atoms with Gasteiger partial charge in [0, 0.05) is 7.11 Å². The van der Waals surface area contributed by atoms with E-state index in [-0.39, 0.29) is 11.7 Å². The molecule has 2 nitrogen and oxygen atoms in total. The van der Waals surface area contributed by atoms with Crippen LogP contribution in [0.4, 0.5) is 0 Å². The molecule has 1 aliphatic heterocycles. The second kappa shape index (κ2) is 3.11. The van der Waals surface area contributed by atoms with Gasteiger partial charge in [0.25, 0.3) is 0 Å². The van der Waals surface area contributed by atoms with Crippen molar-refractivity contribution in [3.05, 3.63) is 0 Å². The molecule has 0 aromatic heterocycles. The van der Waals surface area contributed by atoms with Gasteiger partial charge in [-0.3, -0.25) is 0 Å². The third kappa shape index (κ3) is 1.94. The first-order valence-electron chi connectivity index (χ1n) is 4.27. The lowest BCUT2D eigenvalue weighted by Gasteiger charge is -2.40. The van der Waals surface area contributed by atoms with Crippen molar-refractivity contribution in [2.24, 2.45) is 0 Å². The van der Waals surface area contributed by atoms with E-state index in [1.807, 2.05) is 0 Å². The molecule has 0 aliphatic carbocycles. The van der Waals surface area contributed by atoms with E-state index >= 15 is 0 Å². The van der Waals surface area contributed by atoms with E-state index in [0.29, 0.717) is 6.10 Å². The second-order valence-corrected chi connectivity index (χ2v) is 3.83. The summed E-state index contributed by atoms with van der Waals surface area (Å²) in [6.07, 6.45) is 2.88. The van der Waals surface area contributed by atoms with Gasteiger partial charge in [0.1, 0.15) is 0 Å². The van der Waals surface area contributed by atoms with Crippen molar-refractivity contribution in [2.75, 3.05) is 7.11 Å². The van der Waals surface area contributed by atoms with Crippen molar-refractivity contribution >= 4 is 0 Å². The fourth-order valence-electron chi connectivity index (χ4n) is 1.79. The molecule has 1 rings (SSSR count). The molecule has 0 bridgehead atoms. The fourth-order valence-corrected chi connectivity index (χ4v) is 1.79. The number of rotatable bonds is 1. The maximum Gasteiger partial charge on any atom is 0.0890 e. The molecule has 1 aliphatic rings. The average Bonchev–Trinajstić information content (AvgIpc) is 1.85. The van der Waals surface area contributed by atoms with Gasteiger partial charge in [-0.05, 0) is 33.6 Å². The highest BCUT2D eigenvalue weighted by Gasteiger charge is 2.36. The van der Waals surface area contributed by atoms with Crippen LogP contribution in [0.3, 0.4) is 0 Å². The van der Waals surface area contributed by atoms with Crippen LogP contribution in [0.1, 0.15) is 33.6 Å². The lowest BCUT2D eigenvalue weighted by molar-refractivity contribution is -0.174. The predicted molar refractivity (Wildman–Crippen MR) is 44.7 cm³/mol. The van der Waals surface area contributed by atoms with Gasteiger partial charge in [-0.15, -0.1) is 0 Å². The minimum atomic E-state index is -0.105. The molecular weight excluding hydrogens is 140 g/mol. The summed E-state index contributed by atoms with van der Waals surface area (Å²) < 4.78 is 11.1. The van der Waals surface area contributed by atoms with Crippen molar-refractivity contribution in [1.82, 2.24) is 0 Å². The van der Waals surface area contributed by atoms with Gasteiger partial charge in [0.2, 0.25) is 0 Å². The number of methoxy groups -OCH3 is 1. The number of hydrogen-bond acceptors (Lipinski definition) is 2. The maximum absolute atomic E-state index is 5.75. The van der Waals surface area contributed by atoms with Crippen molar-refractivity contribution in [2.45, 2.75) is 51.4 Å². The molecule has 1 fully saturated rings. The van der Waals surface area contributed by atoms with Crippen LogP contribution in [0.5, 0.6) is 0 Å². The van der Waals surface area contributed by atoms with Gasteiger partial charge in [-0.25, -0.2) is 0 Å². The summed E-state index contributed by atoms with van der Waals surface area (Å²) in [5.74, 6) is 0. The topological polar surface area (TPSA) is 18.5 Å². The van der Waals surface area contributed by atoms with Crippen LogP contribution in [-0.4, -0.2) is 24.9 Å². The highest BCUT2D eigenvalue weighted by atomic mass is 16.6. The van der Waals surface area contributed by atoms with Crippen LogP contribution in [0.2, 0.25) is 0 Å². The molecule has 66 valence electrons. The average molecular weight is 158 g/mol. The van der Waals surface area contributed by atoms with Gasteiger partial charge < -0.3 is 9.47 Å². The van der Waals surface area contributed by atoms with Crippen molar-refractivity contribution in [3.8, 4) is 0 Å². The minimum absolute atomic E-state index is 0.105. The van der Waals surface area contributed by atoms with E-state index < -0.39 is 0 Å². The first-order chi connectivity index (χ1) is 5.06. The van der Waals surface area contributed by atoms with E-state index in [1.165, 1.54) is 0 Å². The van der Waals surface area contributed by atoms with E-state index in [4.69, 9.17) is 9.47 Å². The largest absolute Gasteiger partial charge is 0.378 e. The van der Waals surface area contributed by atoms with Crippen LogP contribution < -0.4 is 0 Å². The molecule has 0 spiro atoms. The molecular formula is C9H18O2. The quantitative estimate of drug-likeness (QED) is 0.581. The van der Waals surface area contributed by atoms with E-state index in [2.05, 4.69) is 20.8 Å². The molecule has 0 saturated carbocycles. The van der Waals surface area contributed by atoms with E-state index in [1.54, 1.807) is 7.11 Å². The molecule has 0 aromatic rings. The second-order valence-electron chi connectivity index (χ2n) is 3.83. The number of hydrogen-bond donors (Lipinski definition) is 0. The molecule has 0 radical (unpaired) electrons. The Balaban J connectivity index is 2.56. The van der Waals surface area contributed by atoms with Crippen molar-refractivity contribution in [1.29, 1.82) is 0 Å². The zero-order chi connectivity index (χ0) is 8.48. The summed E-state index contributed by atoms with van der Waals surface area (Å²) in [5.41, 5.74) is -0.105. The molecule has 2 unspecified atom stereocenters. The summed E-state index contributed by atoms with van der Waals surface area (Å²) in [5, 5.41) is 0. The third-order valence-electron chi connectivity index (χ3n) is 2.40. The van der Waals surface area contributed by atoms with Gasteiger partial charge >= 0.3 is 0 Å². The Kier molecular flexibility index (Phi) is 2.55. The first-order valence-corrected chi connectivity index (χ1v) is 4.27. The molecule has 0 aromatic carbocycles. The summed E-state index contributed by atoms with van der Waals surface area (Å²) in [7, 11) is 1.76. The summed E-state index contributed by atoms with van der Waals surface area (Å²) in [6, 6.07) is 0. The smallest absolute Gasteiger partial charge is 0.0890 e. The van der Waals surface area contributed by atoms with Crippen molar-refractivity contribution < 1.29 is 9.47 Å².